The molecule has 0 fully saturated rings. The van der Waals surface area contributed by atoms with E-state index in [2.05, 4.69) is 84.1 Å². The van der Waals surface area contributed by atoms with Crippen LogP contribution in [0, 0.1) is 0 Å². The Balaban J connectivity index is 1.84. The molecule has 1 atom stereocenters. The second-order valence-electron chi connectivity index (χ2n) is 12.6. The van der Waals surface area contributed by atoms with Crippen molar-refractivity contribution in [2.75, 3.05) is 0 Å². The Bertz CT molecular complexity index is 1380. The van der Waals surface area contributed by atoms with Crippen molar-refractivity contribution in [2.45, 2.75) is 104 Å². The summed E-state index contributed by atoms with van der Waals surface area (Å²) in [5.41, 5.74) is 9.19. The summed E-state index contributed by atoms with van der Waals surface area (Å²) in [7, 11) is 0. The van der Waals surface area contributed by atoms with Gasteiger partial charge in [0.2, 0.25) is 0 Å². The maximum atomic E-state index is 5.22. The standard InChI is InChI=1S/C30H39N3/c1-9-10-12-30(8)13-11-19-14-23-24(17-22(19)30)33-26(29(5,6)7)16-20-15-25(28(2,3)4)31-18-21(20)27(33)32-23/h14-18H,9-13H2,1-8H3. The van der Waals surface area contributed by atoms with Crippen LogP contribution in [0.15, 0.2) is 30.5 Å². The molecular formula is C30H39N3. The lowest BCUT2D eigenvalue weighted by molar-refractivity contribution is 0.415. The predicted molar refractivity (Wildman–Crippen MR) is 141 cm³/mol. The molecule has 1 aliphatic rings. The molecule has 0 spiro atoms. The van der Waals surface area contributed by atoms with Crippen LogP contribution in [-0.2, 0) is 22.7 Å². The first kappa shape index (κ1) is 22.4. The van der Waals surface area contributed by atoms with E-state index in [9.17, 15) is 0 Å². The molecule has 0 saturated heterocycles. The number of unbranched alkanes of at least 4 members (excludes halogenated alkanes) is 1. The molecule has 33 heavy (non-hydrogen) atoms. The number of aromatic nitrogens is 3. The lowest BCUT2D eigenvalue weighted by atomic mass is 9.79. The van der Waals surface area contributed by atoms with Crippen molar-refractivity contribution in [2.24, 2.45) is 0 Å². The van der Waals surface area contributed by atoms with E-state index < -0.39 is 0 Å². The van der Waals surface area contributed by atoms with Crippen molar-refractivity contribution in [3.8, 4) is 0 Å². The number of hydrogen-bond donors (Lipinski definition) is 0. The number of pyridine rings is 2. The van der Waals surface area contributed by atoms with Gasteiger partial charge in [0.1, 0.15) is 5.65 Å². The molecule has 0 aliphatic heterocycles. The summed E-state index contributed by atoms with van der Waals surface area (Å²) >= 11 is 0. The molecule has 5 rings (SSSR count). The van der Waals surface area contributed by atoms with Gasteiger partial charge in [-0.3, -0.25) is 9.38 Å². The normalized spacial score (nSPS) is 19.2. The van der Waals surface area contributed by atoms with Crippen LogP contribution in [0.1, 0.15) is 104 Å². The Morgan fingerprint density at radius 3 is 2.42 bits per heavy atom. The van der Waals surface area contributed by atoms with Crippen LogP contribution in [0.2, 0.25) is 0 Å². The van der Waals surface area contributed by atoms with Crippen LogP contribution in [-0.4, -0.2) is 14.4 Å². The number of fused-ring (bicyclic) bond motifs is 6. The Hall–Kier alpha value is -2.42. The first-order chi connectivity index (χ1) is 15.4. The number of imidazole rings is 1. The molecule has 0 radical (unpaired) electrons. The lowest BCUT2D eigenvalue weighted by Gasteiger charge is -2.26. The van der Waals surface area contributed by atoms with Gasteiger partial charge in [-0.1, -0.05) is 68.2 Å². The van der Waals surface area contributed by atoms with E-state index in [0.717, 1.165) is 22.2 Å². The molecular weight excluding hydrogens is 402 g/mol. The molecule has 3 heteroatoms. The lowest BCUT2D eigenvalue weighted by Crippen LogP contribution is -2.19. The fourth-order valence-electron chi connectivity index (χ4n) is 5.68. The van der Waals surface area contributed by atoms with Crippen molar-refractivity contribution in [1.82, 2.24) is 14.4 Å². The third kappa shape index (κ3) is 3.55. The van der Waals surface area contributed by atoms with E-state index in [1.54, 1.807) is 5.56 Å². The minimum Gasteiger partial charge on any atom is -0.295 e. The average molecular weight is 442 g/mol. The average Bonchev–Trinajstić information content (AvgIpc) is 3.26. The van der Waals surface area contributed by atoms with Gasteiger partial charge in [0, 0.05) is 33.8 Å². The third-order valence-corrected chi connectivity index (χ3v) is 7.80. The minimum atomic E-state index is -0.00420. The van der Waals surface area contributed by atoms with Crippen LogP contribution in [0.25, 0.3) is 27.5 Å². The van der Waals surface area contributed by atoms with Crippen molar-refractivity contribution < 1.29 is 0 Å². The Labute approximate surface area is 198 Å². The summed E-state index contributed by atoms with van der Waals surface area (Å²) in [6.45, 7) is 18.4. The molecule has 3 aromatic heterocycles. The first-order valence-electron chi connectivity index (χ1n) is 12.7. The summed E-state index contributed by atoms with van der Waals surface area (Å²) in [6, 6.07) is 9.50. The molecule has 0 bridgehead atoms. The quantitative estimate of drug-likeness (QED) is 0.322. The zero-order valence-electron chi connectivity index (χ0n) is 21.8. The van der Waals surface area contributed by atoms with Gasteiger partial charge in [0.05, 0.1) is 11.0 Å². The van der Waals surface area contributed by atoms with Crippen LogP contribution in [0.4, 0.5) is 0 Å². The van der Waals surface area contributed by atoms with Gasteiger partial charge >= 0.3 is 0 Å². The Kier molecular flexibility index (Phi) is 4.94. The van der Waals surface area contributed by atoms with Gasteiger partial charge in [-0.25, -0.2) is 4.98 Å². The molecule has 4 aromatic rings. The van der Waals surface area contributed by atoms with E-state index in [1.807, 2.05) is 6.20 Å². The molecule has 0 saturated carbocycles. The Morgan fingerprint density at radius 2 is 1.76 bits per heavy atom. The molecule has 1 aromatic carbocycles. The van der Waals surface area contributed by atoms with Gasteiger partial charge < -0.3 is 0 Å². The van der Waals surface area contributed by atoms with E-state index in [1.165, 1.54) is 54.3 Å². The fraction of sp³-hybridized carbons (Fsp3) is 0.533. The highest BCUT2D eigenvalue weighted by atomic mass is 15.0. The third-order valence-electron chi connectivity index (χ3n) is 7.80. The number of nitrogens with zero attached hydrogens (tertiary/aromatic N) is 3. The van der Waals surface area contributed by atoms with E-state index in [0.29, 0.717) is 0 Å². The summed E-state index contributed by atoms with van der Waals surface area (Å²) in [4.78, 5) is 10.1. The minimum absolute atomic E-state index is 0.00420. The zero-order valence-corrected chi connectivity index (χ0v) is 21.8. The van der Waals surface area contributed by atoms with Crippen molar-refractivity contribution in [3.05, 3.63) is 53.0 Å². The van der Waals surface area contributed by atoms with Crippen LogP contribution >= 0.6 is 0 Å². The summed E-state index contributed by atoms with van der Waals surface area (Å²) in [5.74, 6) is 0. The Morgan fingerprint density at radius 1 is 1.00 bits per heavy atom. The number of aryl methyl sites for hydroxylation is 1. The van der Waals surface area contributed by atoms with Crippen LogP contribution in [0.3, 0.4) is 0 Å². The van der Waals surface area contributed by atoms with Gasteiger partial charge in [-0.2, -0.15) is 0 Å². The summed E-state index contributed by atoms with van der Waals surface area (Å²) < 4.78 is 2.43. The monoisotopic (exact) mass is 441 g/mol. The number of hydrogen-bond acceptors (Lipinski definition) is 2. The molecule has 3 nitrogen and oxygen atoms in total. The molecule has 1 aliphatic carbocycles. The highest BCUT2D eigenvalue weighted by Gasteiger charge is 2.35. The highest BCUT2D eigenvalue weighted by Crippen LogP contribution is 2.44. The van der Waals surface area contributed by atoms with Crippen molar-refractivity contribution >= 4 is 27.5 Å². The van der Waals surface area contributed by atoms with Crippen LogP contribution in [0.5, 0.6) is 0 Å². The van der Waals surface area contributed by atoms with Gasteiger partial charge in [-0.15, -0.1) is 0 Å². The maximum absolute atomic E-state index is 5.22. The first-order valence-corrected chi connectivity index (χ1v) is 12.7. The van der Waals surface area contributed by atoms with E-state index >= 15 is 0 Å². The molecule has 1 unspecified atom stereocenters. The maximum Gasteiger partial charge on any atom is 0.147 e. The smallest absolute Gasteiger partial charge is 0.147 e. The predicted octanol–water partition coefficient (Wildman–Crippen LogP) is 8.02. The van der Waals surface area contributed by atoms with Gasteiger partial charge in [0.15, 0.2) is 0 Å². The second-order valence-corrected chi connectivity index (χ2v) is 12.6. The van der Waals surface area contributed by atoms with Gasteiger partial charge in [0.25, 0.3) is 0 Å². The summed E-state index contributed by atoms with van der Waals surface area (Å²) in [6.07, 6.45) is 8.29. The topological polar surface area (TPSA) is 30.2 Å². The highest BCUT2D eigenvalue weighted by molar-refractivity contribution is 5.99. The van der Waals surface area contributed by atoms with Crippen molar-refractivity contribution in [1.29, 1.82) is 0 Å². The number of rotatable bonds is 3. The molecule has 174 valence electrons. The summed E-state index contributed by atoms with van der Waals surface area (Å²) in [5, 5.41) is 2.38. The van der Waals surface area contributed by atoms with E-state index in [-0.39, 0.29) is 16.2 Å². The molecule has 0 N–H and O–H groups in total. The van der Waals surface area contributed by atoms with E-state index in [4.69, 9.17) is 9.97 Å². The van der Waals surface area contributed by atoms with Crippen LogP contribution < -0.4 is 0 Å². The number of benzene rings is 1. The second kappa shape index (κ2) is 7.29. The zero-order chi connectivity index (χ0) is 23.8. The fourth-order valence-corrected chi connectivity index (χ4v) is 5.68. The largest absolute Gasteiger partial charge is 0.295 e. The molecule has 0 amide bonds. The van der Waals surface area contributed by atoms with Gasteiger partial charge in [-0.05, 0) is 65.5 Å². The van der Waals surface area contributed by atoms with Crippen molar-refractivity contribution in [3.63, 3.8) is 0 Å². The SMILES string of the molecule is CCCCC1(C)CCc2cc3nc4c5cnc(C(C)(C)C)cc5cc(C(C)(C)C)n4c3cc21. The molecule has 3 heterocycles.